The van der Waals surface area contributed by atoms with Gasteiger partial charge in [-0.25, -0.2) is 0 Å². The largest absolute Gasteiger partial charge is 0.457 e. The van der Waals surface area contributed by atoms with E-state index in [9.17, 15) is 0 Å². The molecule has 0 aliphatic rings. The van der Waals surface area contributed by atoms with Gasteiger partial charge in [-0.05, 0) is 42.0 Å². The zero-order chi connectivity index (χ0) is 12.8. The summed E-state index contributed by atoms with van der Waals surface area (Å²) in [5.41, 5.74) is 7.34. The first-order valence-electron chi connectivity index (χ1n) is 5.69. The Morgan fingerprint density at radius 1 is 0.944 bits per heavy atom. The van der Waals surface area contributed by atoms with E-state index in [4.69, 9.17) is 15.6 Å². The lowest BCUT2D eigenvalue weighted by Crippen LogP contribution is -1.86. The van der Waals surface area contributed by atoms with Crippen molar-refractivity contribution in [3.8, 4) is 11.5 Å². The number of aliphatic hydroxyl groups is 1. The smallest absolute Gasteiger partial charge is 0.127 e. The van der Waals surface area contributed by atoms with E-state index in [2.05, 4.69) is 0 Å². The summed E-state index contributed by atoms with van der Waals surface area (Å²) in [6.07, 6.45) is 3.54. The van der Waals surface area contributed by atoms with Gasteiger partial charge >= 0.3 is 0 Å². The van der Waals surface area contributed by atoms with Crippen LogP contribution in [0.1, 0.15) is 5.56 Å². The summed E-state index contributed by atoms with van der Waals surface area (Å²) in [5, 5.41) is 8.68. The standard InChI is InChI=1S/C15H15NO2/c16-13-5-9-15(10-6-13)18-14-7-3-12(4-8-14)2-1-11-17/h1-10,17H,11,16H2. The van der Waals surface area contributed by atoms with Crippen LogP contribution in [0.3, 0.4) is 0 Å². The molecule has 0 saturated heterocycles. The fourth-order valence-corrected chi connectivity index (χ4v) is 1.51. The molecule has 3 N–H and O–H groups in total. The molecule has 3 nitrogen and oxygen atoms in total. The number of hydrogen-bond acceptors (Lipinski definition) is 3. The maximum absolute atomic E-state index is 8.68. The Kier molecular flexibility index (Phi) is 3.99. The fraction of sp³-hybridized carbons (Fsp3) is 0.0667. The third kappa shape index (κ3) is 3.37. The number of anilines is 1. The maximum Gasteiger partial charge on any atom is 0.127 e. The van der Waals surface area contributed by atoms with Gasteiger partial charge in [0.05, 0.1) is 6.61 Å². The predicted octanol–water partition coefficient (Wildman–Crippen LogP) is 3.07. The number of aliphatic hydroxyl groups excluding tert-OH is 1. The zero-order valence-corrected chi connectivity index (χ0v) is 9.91. The second kappa shape index (κ2) is 5.89. The Labute approximate surface area is 106 Å². The molecule has 0 unspecified atom stereocenters. The number of hydrogen-bond donors (Lipinski definition) is 2. The average Bonchev–Trinajstić information content (AvgIpc) is 2.41. The van der Waals surface area contributed by atoms with Gasteiger partial charge in [0.25, 0.3) is 0 Å². The van der Waals surface area contributed by atoms with Gasteiger partial charge in [0, 0.05) is 5.69 Å². The normalized spacial score (nSPS) is 10.7. The highest BCUT2D eigenvalue weighted by atomic mass is 16.5. The van der Waals surface area contributed by atoms with Gasteiger partial charge in [-0.3, -0.25) is 0 Å². The van der Waals surface area contributed by atoms with Crippen molar-refractivity contribution in [1.82, 2.24) is 0 Å². The Balaban J connectivity index is 2.06. The van der Waals surface area contributed by atoms with Crippen molar-refractivity contribution in [2.45, 2.75) is 0 Å². The molecular weight excluding hydrogens is 226 g/mol. The van der Waals surface area contributed by atoms with E-state index in [1.54, 1.807) is 18.2 Å². The molecule has 18 heavy (non-hydrogen) atoms. The number of ether oxygens (including phenoxy) is 1. The molecule has 0 fully saturated rings. The van der Waals surface area contributed by atoms with Gasteiger partial charge in [0.1, 0.15) is 11.5 Å². The molecule has 2 aromatic rings. The zero-order valence-electron chi connectivity index (χ0n) is 9.91. The van der Waals surface area contributed by atoms with E-state index in [0.29, 0.717) is 5.69 Å². The van der Waals surface area contributed by atoms with Crippen molar-refractivity contribution in [2.24, 2.45) is 0 Å². The van der Waals surface area contributed by atoms with Gasteiger partial charge in [-0.15, -0.1) is 0 Å². The molecule has 0 aromatic heterocycles. The third-order valence-corrected chi connectivity index (χ3v) is 2.41. The SMILES string of the molecule is Nc1ccc(Oc2ccc(C=CCO)cc2)cc1. The molecule has 0 heterocycles. The van der Waals surface area contributed by atoms with Crippen LogP contribution in [-0.2, 0) is 0 Å². The number of rotatable bonds is 4. The van der Waals surface area contributed by atoms with Gasteiger partial charge in [0.2, 0.25) is 0 Å². The minimum Gasteiger partial charge on any atom is -0.457 e. The lowest BCUT2D eigenvalue weighted by Gasteiger charge is -2.06. The summed E-state index contributed by atoms with van der Waals surface area (Å²) in [6.45, 7) is 0.0453. The summed E-state index contributed by atoms with van der Waals surface area (Å²) < 4.78 is 5.66. The van der Waals surface area contributed by atoms with Crippen LogP contribution >= 0.6 is 0 Å². The highest BCUT2D eigenvalue weighted by Crippen LogP contribution is 2.22. The van der Waals surface area contributed by atoms with Crippen LogP contribution in [0.25, 0.3) is 6.08 Å². The molecule has 0 saturated carbocycles. The van der Waals surface area contributed by atoms with Gasteiger partial charge in [-0.2, -0.15) is 0 Å². The van der Waals surface area contributed by atoms with Crippen molar-refractivity contribution in [1.29, 1.82) is 0 Å². The molecule has 0 atom stereocenters. The quantitative estimate of drug-likeness (QED) is 0.809. The molecule has 92 valence electrons. The van der Waals surface area contributed by atoms with E-state index >= 15 is 0 Å². The fourth-order valence-electron chi connectivity index (χ4n) is 1.51. The highest BCUT2D eigenvalue weighted by molar-refractivity contribution is 5.51. The van der Waals surface area contributed by atoms with Crippen LogP contribution in [0.5, 0.6) is 11.5 Å². The predicted molar refractivity (Wildman–Crippen MR) is 73.5 cm³/mol. The van der Waals surface area contributed by atoms with Crippen LogP contribution < -0.4 is 10.5 Å². The molecule has 2 rings (SSSR count). The topological polar surface area (TPSA) is 55.5 Å². The molecule has 0 amide bonds. The van der Waals surface area contributed by atoms with Crippen molar-refractivity contribution in [2.75, 3.05) is 12.3 Å². The monoisotopic (exact) mass is 241 g/mol. The molecule has 0 bridgehead atoms. The summed E-state index contributed by atoms with van der Waals surface area (Å²) in [5.74, 6) is 1.52. The third-order valence-electron chi connectivity index (χ3n) is 2.41. The number of nitrogens with two attached hydrogens (primary N) is 1. The second-order valence-corrected chi connectivity index (χ2v) is 3.83. The highest BCUT2D eigenvalue weighted by Gasteiger charge is 1.96. The molecule has 0 spiro atoms. The molecule has 0 aliphatic carbocycles. The summed E-state index contributed by atoms with van der Waals surface area (Å²) in [6, 6.07) is 14.9. The van der Waals surface area contributed by atoms with Gasteiger partial charge < -0.3 is 15.6 Å². The first-order valence-corrected chi connectivity index (χ1v) is 5.69. The Hall–Kier alpha value is -2.26. The van der Waals surface area contributed by atoms with Crippen molar-refractivity contribution in [3.05, 3.63) is 60.2 Å². The summed E-state index contributed by atoms with van der Waals surface area (Å²) in [7, 11) is 0. The summed E-state index contributed by atoms with van der Waals surface area (Å²) >= 11 is 0. The van der Waals surface area contributed by atoms with Crippen LogP contribution in [0.4, 0.5) is 5.69 Å². The maximum atomic E-state index is 8.68. The minimum atomic E-state index is 0.0453. The van der Waals surface area contributed by atoms with Gasteiger partial charge in [0.15, 0.2) is 0 Å². The first kappa shape index (κ1) is 12.2. The molecule has 0 aliphatic heterocycles. The summed E-state index contributed by atoms with van der Waals surface area (Å²) in [4.78, 5) is 0. The Morgan fingerprint density at radius 3 is 2.06 bits per heavy atom. The van der Waals surface area contributed by atoms with Crippen LogP contribution in [0, 0.1) is 0 Å². The second-order valence-electron chi connectivity index (χ2n) is 3.83. The Morgan fingerprint density at radius 2 is 1.50 bits per heavy atom. The van der Waals surface area contributed by atoms with E-state index in [1.165, 1.54) is 0 Å². The Bertz CT molecular complexity index is 515. The van der Waals surface area contributed by atoms with Crippen LogP contribution in [0.2, 0.25) is 0 Å². The first-order chi connectivity index (χ1) is 8.78. The van der Waals surface area contributed by atoms with Crippen LogP contribution in [0.15, 0.2) is 54.6 Å². The van der Waals surface area contributed by atoms with Crippen molar-refractivity contribution >= 4 is 11.8 Å². The van der Waals surface area contributed by atoms with E-state index < -0.39 is 0 Å². The van der Waals surface area contributed by atoms with E-state index in [0.717, 1.165) is 17.1 Å². The lowest BCUT2D eigenvalue weighted by atomic mass is 10.2. The molecular formula is C15H15NO2. The lowest BCUT2D eigenvalue weighted by molar-refractivity contribution is 0.343. The van der Waals surface area contributed by atoms with Gasteiger partial charge in [-0.1, -0.05) is 24.3 Å². The van der Waals surface area contributed by atoms with E-state index in [-0.39, 0.29) is 6.61 Å². The van der Waals surface area contributed by atoms with Crippen molar-refractivity contribution in [3.63, 3.8) is 0 Å². The minimum absolute atomic E-state index is 0.0453. The molecule has 3 heteroatoms. The molecule has 0 radical (unpaired) electrons. The van der Waals surface area contributed by atoms with E-state index in [1.807, 2.05) is 42.5 Å². The average molecular weight is 241 g/mol. The number of nitrogen functional groups attached to an aromatic ring is 1. The van der Waals surface area contributed by atoms with Crippen molar-refractivity contribution < 1.29 is 9.84 Å². The number of benzene rings is 2. The molecule has 2 aromatic carbocycles. The van der Waals surface area contributed by atoms with Crippen LogP contribution in [-0.4, -0.2) is 11.7 Å².